The van der Waals surface area contributed by atoms with Gasteiger partial charge in [0.1, 0.15) is 0 Å². The monoisotopic (exact) mass is 173 g/mol. The molecule has 1 aliphatic heterocycles. The molecule has 1 rings (SSSR count). The van der Waals surface area contributed by atoms with Gasteiger partial charge in [-0.1, -0.05) is 0 Å². The van der Waals surface area contributed by atoms with Crippen LogP contribution in [0.1, 0.15) is 20.3 Å². The van der Waals surface area contributed by atoms with E-state index >= 15 is 0 Å². The van der Waals surface area contributed by atoms with E-state index in [4.69, 9.17) is 10.6 Å². The van der Waals surface area contributed by atoms with Crippen molar-refractivity contribution < 1.29 is 9.53 Å². The van der Waals surface area contributed by atoms with Crippen molar-refractivity contribution in [2.75, 3.05) is 6.61 Å². The highest BCUT2D eigenvalue weighted by Crippen LogP contribution is 2.24. The zero-order valence-electron chi connectivity index (χ0n) is 7.39. The predicted molar refractivity (Wildman–Crippen MR) is 44.3 cm³/mol. The van der Waals surface area contributed by atoms with Crippen molar-refractivity contribution in [3.63, 3.8) is 0 Å². The van der Waals surface area contributed by atoms with Crippen molar-refractivity contribution in [2.24, 2.45) is 5.84 Å². The van der Waals surface area contributed by atoms with E-state index in [0.29, 0.717) is 6.61 Å². The van der Waals surface area contributed by atoms with Gasteiger partial charge in [0, 0.05) is 6.61 Å². The topological polar surface area (TPSA) is 76.4 Å². The Morgan fingerprint density at radius 1 is 1.67 bits per heavy atom. The second-order valence-electron chi connectivity index (χ2n) is 3.41. The first kappa shape index (κ1) is 9.28. The summed E-state index contributed by atoms with van der Waals surface area (Å²) in [4.78, 5) is 10.9. The van der Waals surface area contributed by atoms with E-state index in [0.717, 1.165) is 6.42 Å². The van der Waals surface area contributed by atoms with Gasteiger partial charge >= 0.3 is 6.03 Å². The van der Waals surface area contributed by atoms with Gasteiger partial charge < -0.3 is 10.1 Å². The third-order valence-electron chi connectivity index (χ3n) is 2.16. The van der Waals surface area contributed by atoms with Crippen molar-refractivity contribution in [3.05, 3.63) is 0 Å². The van der Waals surface area contributed by atoms with Gasteiger partial charge in [0.2, 0.25) is 0 Å². The van der Waals surface area contributed by atoms with Crippen LogP contribution in [0.2, 0.25) is 0 Å². The van der Waals surface area contributed by atoms with E-state index in [-0.39, 0.29) is 17.7 Å². The number of hydrogen-bond donors (Lipinski definition) is 3. The fraction of sp³-hybridized carbons (Fsp3) is 0.857. The number of nitrogens with two attached hydrogens (primary N) is 1. The number of carbonyl (C=O) groups excluding carboxylic acids is 1. The highest BCUT2D eigenvalue weighted by atomic mass is 16.5. The smallest absolute Gasteiger partial charge is 0.329 e. The van der Waals surface area contributed by atoms with Crippen LogP contribution >= 0.6 is 0 Å². The van der Waals surface area contributed by atoms with Crippen LogP contribution < -0.4 is 16.6 Å². The maximum atomic E-state index is 10.9. The summed E-state index contributed by atoms with van der Waals surface area (Å²) in [7, 11) is 0. The second-order valence-corrected chi connectivity index (χ2v) is 3.41. The van der Waals surface area contributed by atoms with E-state index in [9.17, 15) is 4.79 Å². The third-order valence-corrected chi connectivity index (χ3v) is 2.16. The quantitative estimate of drug-likeness (QED) is 0.290. The molecule has 2 amide bonds. The molecule has 0 aromatic carbocycles. The van der Waals surface area contributed by atoms with Gasteiger partial charge in [0.25, 0.3) is 0 Å². The van der Waals surface area contributed by atoms with Crippen LogP contribution in [-0.2, 0) is 4.74 Å². The molecule has 12 heavy (non-hydrogen) atoms. The molecule has 1 aliphatic rings. The molecule has 0 radical (unpaired) electrons. The Morgan fingerprint density at radius 2 is 2.33 bits per heavy atom. The molecule has 0 saturated carbocycles. The molecule has 70 valence electrons. The molecule has 1 saturated heterocycles. The Labute approximate surface area is 71.6 Å². The SMILES string of the molecule is CC1(C)OCCC1NC(=O)NN. The summed E-state index contributed by atoms with van der Waals surface area (Å²) in [6.07, 6.45) is 0.834. The van der Waals surface area contributed by atoms with Gasteiger partial charge in [-0.2, -0.15) is 0 Å². The molecular weight excluding hydrogens is 158 g/mol. The van der Waals surface area contributed by atoms with E-state index in [2.05, 4.69) is 5.32 Å². The largest absolute Gasteiger partial charge is 0.373 e. The van der Waals surface area contributed by atoms with Crippen LogP contribution in [0.15, 0.2) is 0 Å². The van der Waals surface area contributed by atoms with E-state index in [1.165, 1.54) is 0 Å². The average Bonchev–Trinajstić information content (AvgIpc) is 2.31. The number of carbonyl (C=O) groups is 1. The van der Waals surface area contributed by atoms with Gasteiger partial charge in [0.05, 0.1) is 11.6 Å². The standard InChI is InChI=1S/C7H15N3O2/c1-7(2)5(3-4-12-7)9-6(11)10-8/h5H,3-4,8H2,1-2H3,(H2,9,10,11). The minimum Gasteiger partial charge on any atom is -0.373 e. The Hall–Kier alpha value is -0.810. The Bertz CT molecular complexity index is 181. The Kier molecular flexibility index (Phi) is 2.54. The maximum absolute atomic E-state index is 10.9. The fourth-order valence-corrected chi connectivity index (χ4v) is 1.33. The summed E-state index contributed by atoms with van der Waals surface area (Å²) in [5.41, 5.74) is 1.74. The van der Waals surface area contributed by atoms with E-state index < -0.39 is 0 Å². The molecule has 5 nitrogen and oxygen atoms in total. The van der Waals surface area contributed by atoms with Gasteiger partial charge in [-0.15, -0.1) is 0 Å². The van der Waals surface area contributed by atoms with Crippen molar-refractivity contribution in [3.8, 4) is 0 Å². The van der Waals surface area contributed by atoms with Crippen LogP contribution in [0.4, 0.5) is 4.79 Å². The first-order valence-corrected chi connectivity index (χ1v) is 3.97. The summed E-state index contributed by atoms with van der Waals surface area (Å²) in [5, 5.41) is 2.72. The van der Waals surface area contributed by atoms with Crippen LogP contribution in [0, 0.1) is 0 Å². The fourth-order valence-electron chi connectivity index (χ4n) is 1.33. The number of hydrogen-bond acceptors (Lipinski definition) is 3. The van der Waals surface area contributed by atoms with Crippen molar-refractivity contribution >= 4 is 6.03 Å². The van der Waals surface area contributed by atoms with Gasteiger partial charge in [0.15, 0.2) is 0 Å². The van der Waals surface area contributed by atoms with Crippen molar-refractivity contribution in [2.45, 2.75) is 31.9 Å². The molecule has 4 N–H and O–H groups in total. The summed E-state index contributed by atoms with van der Waals surface area (Å²) >= 11 is 0. The number of ether oxygens (including phenoxy) is 1. The highest BCUT2D eigenvalue weighted by molar-refractivity contribution is 5.73. The molecule has 0 aromatic heterocycles. The zero-order chi connectivity index (χ0) is 9.19. The predicted octanol–water partition coefficient (Wildman–Crippen LogP) is -0.273. The normalized spacial score (nSPS) is 26.8. The lowest BCUT2D eigenvalue weighted by Gasteiger charge is -2.26. The number of urea groups is 1. The second kappa shape index (κ2) is 3.28. The molecule has 0 aliphatic carbocycles. The lowest BCUT2D eigenvalue weighted by atomic mass is 9.99. The maximum Gasteiger partial charge on any atom is 0.329 e. The van der Waals surface area contributed by atoms with Gasteiger partial charge in [-0.05, 0) is 20.3 Å². The minimum atomic E-state index is -0.362. The Balaban J connectivity index is 2.47. The highest BCUT2D eigenvalue weighted by Gasteiger charge is 2.36. The van der Waals surface area contributed by atoms with Crippen LogP contribution in [-0.4, -0.2) is 24.3 Å². The molecule has 1 unspecified atom stereocenters. The number of rotatable bonds is 1. The molecule has 5 heteroatoms. The lowest BCUT2D eigenvalue weighted by molar-refractivity contribution is 0.0235. The molecular formula is C7H15N3O2. The summed E-state index contributed by atoms with van der Waals surface area (Å²) in [5.74, 6) is 4.94. The third kappa shape index (κ3) is 1.86. The molecule has 1 atom stereocenters. The van der Waals surface area contributed by atoms with Crippen molar-refractivity contribution in [1.82, 2.24) is 10.7 Å². The summed E-state index contributed by atoms with van der Waals surface area (Å²) < 4.78 is 5.41. The lowest BCUT2D eigenvalue weighted by Crippen LogP contribution is -2.51. The zero-order valence-corrected chi connectivity index (χ0v) is 7.39. The molecule has 0 spiro atoms. The first-order valence-electron chi connectivity index (χ1n) is 3.97. The van der Waals surface area contributed by atoms with Crippen LogP contribution in [0.25, 0.3) is 0 Å². The molecule has 1 fully saturated rings. The number of hydrazine groups is 1. The average molecular weight is 173 g/mol. The van der Waals surface area contributed by atoms with Crippen LogP contribution in [0.5, 0.6) is 0 Å². The summed E-state index contributed by atoms with van der Waals surface area (Å²) in [6, 6.07) is -0.320. The molecule has 0 aromatic rings. The van der Waals surface area contributed by atoms with Crippen LogP contribution in [0.3, 0.4) is 0 Å². The van der Waals surface area contributed by atoms with E-state index in [1.807, 2.05) is 19.3 Å². The summed E-state index contributed by atoms with van der Waals surface area (Å²) in [6.45, 7) is 4.57. The Morgan fingerprint density at radius 3 is 2.75 bits per heavy atom. The van der Waals surface area contributed by atoms with E-state index in [1.54, 1.807) is 0 Å². The molecule has 0 bridgehead atoms. The minimum absolute atomic E-state index is 0.0426. The number of nitrogens with one attached hydrogen (secondary N) is 2. The number of amides is 2. The molecule has 1 heterocycles. The first-order chi connectivity index (χ1) is 5.56. The van der Waals surface area contributed by atoms with Gasteiger partial charge in [-0.3, -0.25) is 5.43 Å². The van der Waals surface area contributed by atoms with Gasteiger partial charge in [-0.25, -0.2) is 10.6 Å². The van der Waals surface area contributed by atoms with Crippen molar-refractivity contribution in [1.29, 1.82) is 0 Å².